The molecule has 2 aromatic rings. The Bertz CT molecular complexity index is 843. The van der Waals surface area contributed by atoms with E-state index in [1.165, 1.54) is 6.08 Å². The lowest BCUT2D eigenvalue weighted by atomic mass is 10.0. The molecule has 0 aliphatic heterocycles. The van der Waals surface area contributed by atoms with Crippen molar-refractivity contribution < 1.29 is 9.53 Å². The van der Waals surface area contributed by atoms with Crippen molar-refractivity contribution in [2.75, 3.05) is 7.11 Å². The zero-order chi connectivity index (χ0) is 18.6. The summed E-state index contributed by atoms with van der Waals surface area (Å²) in [5.74, 6) is 0.662. The van der Waals surface area contributed by atoms with Gasteiger partial charge in [-0.05, 0) is 43.2 Å². The second-order valence-corrected chi connectivity index (χ2v) is 6.45. The first-order chi connectivity index (χ1) is 11.9. The highest BCUT2D eigenvalue weighted by Crippen LogP contribution is 2.25. The molecule has 6 heteroatoms. The van der Waals surface area contributed by atoms with E-state index in [0.29, 0.717) is 40.2 Å². The lowest BCUT2D eigenvalue weighted by Crippen LogP contribution is -2.06. The SMILES string of the molecule is COc1ccc(C(=O)/C(C#N)=C/c2c(C)nn(CC(C)C)c2Cl)cc1. The first-order valence-corrected chi connectivity index (χ1v) is 8.28. The van der Waals surface area contributed by atoms with Gasteiger partial charge in [0.1, 0.15) is 22.5 Å². The summed E-state index contributed by atoms with van der Waals surface area (Å²) >= 11 is 6.38. The fraction of sp³-hybridized carbons (Fsp3) is 0.316. The molecule has 0 bridgehead atoms. The summed E-state index contributed by atoms with van der Waals surface area (Å²) in [6.45, 7) is 6.61. The number of Topliss-reactive ketones (excluding diaryl/α,β-unsaturated/α-hetero) is 1. The van der Waals surface area contributed by atoms with E-state index in [0.717, 1.165) is 0 Å². The molecule has 0 unspecified atom stereocenters. The number of benzene rings is 1. The average Bonchev–Trinajstić information content (AvgIpc) is 2.85. The standard InChI is InChI=1S/C19H20ClN3O2/c1-12(2)11-23-19(20)17(13(3)22-23)9-15(10-21)18(24)14-5-7-16(25-4)8-6-14/h5-9,12H,11H2,1-4H3/b15-9+. The topological polar surface area (TPSA) is 67.9 Å². The summed E-state index contributed by atoms with van der Waals surface area (Å²) in [6.07, 6.45) is 1.51. The van der Waals surface area contributed by atoms with Crippen LogP contribution in [0, 0.1) is 24.2 Å². The number of carbonyl (C=O) groups excluding carboxylic acids is 1. The minimum atomic E-state index is -0.364. The average molecular weight is 358 g/mol. The van der Waals surface area contributed by atoms with Gasteiger partial charge in [0.2, 0.25) is 5.78 Å². The minimum Gasteiger partial charge on any atom is -0.497 e. The molecule has 0 N–H and O–H groups in total. The van der Waals surface area contributed by atoms with Gasteiger partial charge in [0.25, 0.3) is 0 Å². The van der Waals surface area contributed by atoms with Crippen LogP contribution in [0.25, 0.3) is 6.08 Å². The Morgan fingerprint density at radius 2 is 2.04 bits per heavy atom. The van der Waals surface area contributed by atoms with Crippen LogP contribution in [-0.4, -0.2) is 22.7 Å². The highest BCUT2D eigenvalue weighted by molar-refractivity contribution is 6.31. The third kappa shape index (κ3) is 4.28. The van der Waals surface area contributed by atoms with Gasteiger partial charge in [-0.3, -0.25) is 9.48 Å². The Morgan fingerprint density at radius 1 is 1.40 bits per heavy atom. The lowest BCUT2D eigenvalue weighted by molar-refractivity contribution is 0.104. The Morgan fingerprint density at radius 3 is 2.56 bits per heavy atom. The molecule has 1 aromatic carbocycles. The van der Waals surface area contributed by atoms with Crippen LogP contribution in [0.5, 0.6) is 5.75 Å². The molecule has 0 aliphatic rings. The number of methoxy groups -OCH3 is 1. The molecular formula is C19H20ClN3O2. The van der Waals surface area contributed by atoms with Gasteiger partial charge in [-0.25, -0.2) is 0 Å². The van der Waals surface area contributed by atoms with E-state index in [4.69, 9.17) is 16.3 Å². The normalized spacial score (nSPS) is 11.5. The molecule has 0 amide bonds. The predicted octanol–water partition coefficient (Wildman–Crippen LogP) is 4.30. The van der Waals surface area contributed by atoms with E-state index in [-0.39, 0.29) is 11.4 Å². The Labute approximate surface area is 152 Å². The number of allylic oxidation sites excluding steroid dienone is 1. The number of nitrogens with zero attached hydrogens (tertiary/aromatic N) is 3. The number of rotatable bonds is 6. The van der Waals surface area contributed by atoms with Crippen LogP contribution >= 0.6 is 11.6 Å². The van der Waals surface area contributed by atoms with E-state index in [1.54, 1.807) is 43.0 Å². The van der Waals surface area contributed by atoms with Crippen LogP contribution in [0.2, 0.25) is 5.15 Å². The molecule has 5 nitrogen and oxygen atoms in total. The number of hydrogen-bond acceptors (Lipinski definition) is 4. The maximum absolute atomic E-state index is 12.6. The Hall–Kier alpha value is -2.58. The molecule has 1 heterocycles. The molecule has 0 spiro atoms. The predicted molar refractivity (Wildman–Crippen MR) is 97.7 cm³/mol. The zero-order valence-corrected chi connectivity index (χ0v) is 15.5. The largest absolute Gasteiger partial charge is 0.497 e. The van der Waals surface area contributed by atoms with Crippen molar-refractivity contribution >= 4 is 23.5 Å². The molecule has 0 saturated heterocycles. The van der Waals surface area contributed by atoms with Gasteiger partial charge in [0.05, 0.1) is 12.8 Å². The van der Waals surface area contributed by atoms with Crippen molar-refractivity contribution in [1.82, 2.24) is 9.78 Å². The number of aromatic nitrogens is 2. The molecule has 130 valence electrons. The summed E-state index contributed by atoms with van der Waals surface area (Å²) < 4.78 is 6.77. The Kier molecular flexibility index (Phi) is 6.00. The minimum absolute atomic E-state index is 0.0132. The van der Waals surface area contributed by atoms with Crippen LogP contribution in [0.15, 0.2) is 29.8 Å². The van der Waals surface area contributed by atoms with E-state index in [9.17, 15) is 10.1 Å². The Balaban J connectivity index is 2.38. The molecule has 2 rings (SSSR count). The summed E-state index contributed by atoms with van der Waals surface area (Å²) in [4.78, 5) is 12.6. The number of hydrogen-bond donors (Lipinski definition) is 0. The maximum Gasteiger partial charge on any atom is 0.203 e. The van der Waals surface area contributed by atoms with Crippen LogP contribution in [0.3, 0.4) is 0 Å². The number of ketones is 1. The number of aryl methyl sites for hydroxylation is 1. The van der Waals surface area contributed by atoms with Gasteiger partial charge in [0.15, 0.2) is 0 Å². The van der Waals surface area contributed by atoms with Gasteiger partial charge < -0.3 is 4.74 Å². The third-order valence-corrected chi connectivity index (χ3v) is 4.05. The molecule has 0 atom stereocenters. The quantitative estimate of drug-likeness (QED) is 0.439. The summed E-state index contributed by atoms with van der Waals surface area (Å²) in [5, 5.41) is 14.2. The van der Waals surface area contributed by atoms with Crippen molar-refractivity contribution in [3.05, 3.63) is 51.8 Å². The fourth-order valence-electron chi connectivity index (χ4n) is 2.39. The van der Waals surface area contributed by atoms with E-state index < -0.39 is 0 Å². The second kappa shape index (κ2) is 8.00. The smallest absolute Gasteiger partial charge is 0.203 e. The molecule has 25 heavy (non-hydrogen) atoms. The van der Waals surface area contributed by atoms with Gasteiger partial charge in [0, 0.05) is 17.7 Å². The molecule has 0 aliphatic carbocycles. The summed E-state index contributed by atoms with van der Waals surface area (Å²) in [6, 6.07) is 8.59. The summed E-state index contributed by atoms with van der Waals surface area (Å²) in [5.41, 5.74) is 1.71. The van der Waals surface area contributed by atoms with Crippen LogP contribution in [-0.2, 0) is 6.54 Å². The van der Waals surface area contributed by atoms with Gasteiger partial charge >= 0.3 is 0 Å². The summed E-state index contributed by atoms with van der Waals surface area (Å²) in [7, 11) is 1.55. The number of ether oxygens (including phenoxy) is 1. The molecular weight excluding hydrogens is 338 g/mol. The monoisotopic (exact) mass is 357 g/mol. The third-order valence-electron chi connectivity index (χ3n) is 3.65. The van der Waals surface area contributed by atoms with Crippen molar-refractivity contribution in [3.63, 3.8) is 0 Å². The molecule has 0 radical (unpaired) electrons. The fourth-order valence-corrected chi connectivity index (χ4v) is 2.69. The highest BCUT2D eigenvalue weighted by Gasteiger charge is 2.17. The lowest BCUT2D eigenvalue weighted by Gasteiger charge is -2.06. The first-order valence-electron chi connectivity index (χ1n) is 7.90. The molecule has 1 aromatic heterocycles. The molecule has 0 saturated carbocycles. The first kappa shape index (κ1) is 18.8. The van der Waals surface area contributed by atoms with Crippen molar-refractivity contribution in [2.24, 2.45) is 5.92 Å². The number of halogens is 1. The van der Waals surface area contributed by atoms with Crippen molar-refractivity contribution in [1.29, 1.82) is 5.26 Å². The number of nitriles is 1. The molecule has 0 fully saturated rings. The van der Waals surface area contributed by atoms with Gasteiger partial charge in [-0.2, -0.15) is 10.4 Å². The zero-order valence-electron chi connectivity index (χ0n) is 14.7. The van der Waals surface area contributed by atoms with Gasteiger partial charge in [-0.15, -0.1) is 0 Å². The van der Waals surface area contributed by atoms with E-state index in [2.05, 4.69) is 18.9 Å². The van der Waals surface area contributed by atoms with E-state index >= 15 is 0 Å². The van der Waals surface area contributed by atoms with Crippen LogP contribution in [0.1, 0.15) is 35.5 Å². The van der Waals surface area contributed by atoms with Gasteiger partial charge in [-0.1, -0.05) is 25.4 Å². The second-order valence-electron chi connectivity index (χ2n) is 6.09. The van der Waals surface area contributed by atoms with E-state index in [1.807, 2.05) is 6.07 Å². The maximum atomic E-state index is 12.6. The number of carbonyl (C=O) groups is 1. The van der Waals surface area contributed by atoms with Crippen molar-refractivity contribution in [3.8, 4) is 11.8 Å². The van der Waals surface area contributed by atoms with Crippen LogP contribution < -0.4 is 4.74 Å². The van der Waals surface area contributed by atoms with Crippen molar-refractivity contribution in [2.45, 2.75) is 27.3 Å². The van der Waals surface area contributed by atoms with Crippen LogP contribution in [0.4, 0.5) is 0 Å². The highest BCUT2D eigenvalue weighted by atomic mass is 35.5.